The van der Waals surface area contributed by atoms with Crippen LogP contribution in [0.4, 0.5) is 35.7 Å². The molecule has 0 fully saturated rings. The largest absolute Gasteiger partial charge is 0.507 e. The lowest BCUT2D eigenvalue weighted by atomic mass is 10.1. The molecule has 2 atom stereocenters. The first kappa shape index (κ1) is 74.5. The van der Waals surface area contributed by atoms with Gasteiger partial charge in [0.05, 0.1) is 31.3 Å². The summed E-state index contributed by atoms with van der Waals surface area (Å²) < 4.78 is 28.7. The summed E-state index contributed by atoms with van der Waals surface area (Å²) in [6.45, 7) is 27.8. The van der Waals surface area contributed by atoms with Gasteiger partial charge in [-0.05, 0) is 114 Å². The van der Waals surface area contributed by atoms with Gasteiger partial charge in [0, 0.05) is 70.1 Å². The molecule has 3 aromatic carbocycles. The van der Waals surface area contributed by atoms with Crippen molar-refractivity contribution in [3.63, 3.8) is 0 Å². The zero-order valence-electron chi connectivity index (χ0n) is 57.8. The molecule has 0 amide bonds. The molecule has 0 aliphatic carbocycles. The number of nitrogens with zero attached hydrogens (tertiary/aromatic N) is 13. The van der Waals surface area contributed by atoms with Gasteiger partial charge < -0.3 is 64.1 Å². The normalized spacial score (nSPS) is 11.8. The van der Waals surface area contributed by atoms with Crippen LogP contribution < -0.4 is 44.4 Å². The van der Waals surface area contributed by atoms with E-state index in [0.717, 1.165) is 155 Å². The summed E-state index contributed by atoms with van der Waals surface area (Å²) in [6, 6.07) is 16.1. The van der Waals surface area contributed by atoms with E-state index in [-0.39, 0.29) is 77.9 Å². The number of hydrogen-bond donors (Lipinski definition) is 4. The van der Waals surface area contributed by atoms with Crippen LogP contribution in [-0.2, 0) is 19.1 Å². The molecule has 0 radical (unpaired) electrons. The quantitative estimate of drug-likeness (QED) is 0.0204. The Kier molecular flexibility index (Phi) is 32.1. The maximum absolute atomic E-state index is 13.4. The van der Waals surface area contributed by atoms with Gasteiger partial charge in [0.15, 0.2) is 29.7 Å². The second-order valence-corrected chi connectivity index (χ2v) is 23.4. The Labute approximate surface area is 557 Å². The van der Waals surface area contributed by atoms with Crippen LogP contribution in [0.1, 0.15) is 172 Å². The summed E-state index contributed by atoms with van der Waals surface area (Å²) >= 11 is 0. The standard InChI is InChI=1S/C70H105N15O9/c1-12-20-38-82(39-21-13-2)67-76-65(77-68(80-67)83(40-22-14-3)41-23-15-4)71-36-46-91-63(88)50(9)93-54-32-34-56(58(86)48-54)61-73-60(52-28-30-53(90-11)31-29-52)74-62(75-61)57-35-33-55(49-59(57)87)94-51(10)64(89)92-47-37-72-66-78-69(84(42-24-16-5)43-25-17-6)81-70(79-66)85(44-26-18-7)45-27-19-8/h28-35,48-51,86-87H,12-27,36-47H2,1-11H3,(H,71,76,77,80)(H,72,78,79,81). The summed E-state index contributed by atoms with van der Waals surface area (Å²) in [7, 11) is 1.57. The molecular weight excluding hydrogens is 1190 g/mol. The molecule has 6 rings (SSSR count). The van der Waals surface area contributed by atoms with E-state index in [1.165, 1.54) is 12.1 Å². The highest BCUT2D eigenvalue weighted by Gasteiger charge is 2.24. The van der Waals surface area contributed by atoms with Crippen LogP contribution in [-0.4, -0.2) is 165 Å². The number of aromatic hydroxyl groups is 2. The molecule has 24 heteroatoms. The van der Waals surface area contributed by atoms with Gasteiger partial charge in [-0.1, -0.05) is 107 Å². The van der Waals surface area contributed by atoms with E-state index in [4.69, 9.17) is 68.5 Å². The summed E-state index contributed by atoms with van der Waals surface area (Å²) in [6.07, 6.45) is 14.5. The summed E-state index contributed by atoms with van der Waals surface area (Å²) in [5.41, 5.74) is 1.03. The molecule has 0 saturated heterocycles. The first-order valence-electron chi connectivity index (χ1n) is 34.4. The number of hydrogen-bond acceptors (Lipinski definition) is 24. The van der Waals surface area contributed by atoms with E-state index in [0.29, 0.717) is 47.0 Å². The first-order chi connectivity index (χ1) is 45.7. The minimum absolute atomic E-state index is 0.00998. The molecule has 2 unspecified atom stereocenters. The lowest BCUT2D eigenvalue weighted by molar-refractivity contribution is -0.151. The number of aromatic nitrogens is 9. The predicted molar refractivity (Wildman–Crippen MR) is 373 cm³/mol. The smallest absolute Gasteiger partial charge is 0.347 e. The lowest BCUT2D eigenvalue weighted by Gasteiger charge is -2.26. The minimum atomic E-state index is -1.05. The van der Waals surface area contributed by atoms with Crippen LogP contribution in [0.5, 0.6) is 28.7 Å². The zero-order valence-corrected chi connectivity index (χ0v) is 57.8. The molecule has 0 spiro atoms. The van der Waals surface area contributed by atoms with Crippen LogP contribution in [0.15, 0.2) is 60.7 Å². The Bertz CT molecular complexity index is 2930. The van der Waals surface area contributed by atoms with Crippen molar-refractivity contribution in [3.05, 3.63) is 60.7 Å². The van der Waals surface area contributed by atoms with Crippen LogP contribution >= 0.6 is 0 Å². The van der Waals surface area contributed by atoms with Crippen LogP contribution in [0.25, 0.3) is 34.2 Å². The molecular formula is C70H105N15O9. The number of anilines is 6. The van der Waals surface area contributed by atoms with E-state index in [1.807, 2.05) is 0 Å². The summed E-state index contributed by atoms with van der Waals surface area (Å²) in [5.74, 6) is 3.03. The van der Waals surface area contributed by atoms with Gasteiger partial charge in [0.1, 0.15) is 42.0 Å². The fraction of sp³-hybridized carbons (Fsp3) is 0.586. The monoisotopic (exact) mass is 1300 g/mol. The molecule has 0 saturated carbocycles. The fourth-order valence-corrected chi connectivity index (χ4v) is 9.87. The number of phenols is 2. The number of methoxy groups -OCH3 is 1. The Balaban J connectivity index is 1.12. The number of nitrogens with one attached hydrogen (secondary N) is 2. The van der Waals surface area contributed by atoms with Crippen molar-refractivity contribution in [2.24, 2.45) is 0 Å². The van der Waals surface area contributed by atoms with Crippen LogP contribution in [0, 0.1) is 0 Å². The number of ether oxygens (including phenoxy) is 5. The average molecular weight is 1300 g/mol. The summed E-state index contributed by atoms with van der Waals surface area (Å²) in [5, 5.41) is 29.7. The Morgan fingerprint density at radius 1 is 0.415 bits per heavy atom. The van der Waals surface area contributed by atoms with Gasteiger partial charge in [0.2, 0.25) is 35.7 Å². The molecule has 3 aromatic heterocycles. The molecule has 24 nitrogen and oxygen atoms in total. The van der Waals surface area contributed by atoms with Crippen molar-refractivity contribution in [1.29, 1.82) is 0 Å². The van der Waals surface area contributed by atoms with E-state index in [1.54, 1.807) is 69.5 Å². The highest BCUT2D eigenvalue weighted by atomic mass is 16.6. The minimum Gasteiger partial charge on any atom is -0.507 e. The van der Waals surface area contributed by atoms with Crippen molar-refractivity contribution in [1.82, 2.24) is 44.9 Å². The average Bonchev–Trinajstić information content (AvgIpc) is 0.820. The van der Waals surface area contributed by atoms with E-state index < -0.39 is 24.1 Å². The topological polar surface area (TPSA) is 274 Å². The van der Waals surface area contributed by atoms with Gasteiger partial charge in [-0.2, -0.15) is 29.9 Å². The van der Waals surface area contributed by atoms with Gasteiger partial charge in [0.25, 0.3) is 0 Å². The second-order valence-electron chi connectivity index (χ2n) is 23.4. The molecule has 4 N–H and O–H groups in total. The molecule has 3 heterocycles. The van der Waals surface area contributed by atoms with Gasteiger partial charge in [-0.15, -0.1) is 0 Å². The third kappa shape index (κ3) is 23.5. The second kappa shape index (κ2) is 40.5. The highest BCUT2D eigenvalue weighted by Crippen LogP contribution is 2.37. The lowest BCUT2D eigenvalue weighted by Crippen LogP contribution is -2.32. The van der Waals surface area contributed by atoms with E-state index in [9.17, 15) is 19.8 Å². The Morgan fingerprint density at radius 3 is 1.00 bits per heavy atom. The highest BCUT2D eigenvalue weighted by molar-refractivity contribution is 5.76. The van der Waals surface area contributed by atoms with Gasteiger partial charge in [-0.3, -0.25) is 0 Å². The number of benzene rings is 3. The number of phenolic OH excluding ortho intramolecular Hbond substituents is 2. The zero-order chi connectivity index (χ0) is 67.6. The van der Waals surface area contributed by atoms with E-state index in [2.05, 4.69) is 85.6 Å². The van der Waals surface area contributed by atoms with Crippen molar-refractivity contribution in [3.8, 4) is 62.9 Å². The third-order valence-electron chi connectivity index (χ3n) is 15.6. The third-order valence-corrected chi connectivity index (χ3v) is 15.6. The molecule has 0 aliphatic heterocycles. The first-order valence-corrected chi connectivity index (χ1v) is 34.4. The molecule has 514 valence electrons. The van der Waals surface area contributed by atoms with Crippen molar-refractivity contribution < 1.29 is 43.5 Å². The van der Waals surface area contributed by atoms with E-state index >= 15 is 0 Å². The van der Waals surface area contributed by atoms with Crippen molar-refractivity contribution in [2.45, 2.75) is 184 Å². The predicted octanol–water partition coefficient (Wildman–Crippen LogP) is 13.1. The van der Waals surface area contributed by atoms with Crippen molar-refractivity contribution in [2.75, 3.05) is 116 Å². The number of carbonyl (C=O) groups excluding carboxylic acids is 2. The number of esters is 2. The van der Waals surface area contributed by atoms with Gasteiger partial charge >= 0.3 is 11.9 Å². The van der Waals surface area contributed by atoms with Crippen LogP contribution in [0.3, 0.4) is 0 Å². The van der Waals surface area contributed by atoms with Crippen LogP contribution in [0.2, 0.25) is 0 Å². The SMILES string of the molecule is CCCCN(CCCC)c1nc(NCCOC(=O)C(C)Oc2ccc(-c3nc(-c4ccc(OC)cc4)nc(-c4ccc(OC(C)C(=O)OCCNc5nc(N(CCCC)CCCC)nc(N(CCCC)CCCC)n5)cc4O)n3)c(O)c2)nc(N(CCCC)CCCC)n1. The summed E-state index contributed by atoms with van der Waals surface area (Å²) in [4.78, 5) is 79.4. The molecule has 0 bridgehead atoms. The molecule has 94 heavy (non-hydrogen) atoms. The number of carbonyl (C=O) groups is 2. The maximum Gasteiger partial charge on any atom is 0.347 e. The number of unbranched alkanes of at least 4 members (excludes halogenated alkanes) is 8. The molecule has 0 aliphatic rings. The van der Waals surface area contributed by atoms with Crippen molar-refractivity contribution >= 4 is 47.6 Å². The maximum atomic E-state index is 13.4. The van der Waals surface area contributed by atoms with Gasteiger partial charge in [-0.25, -0.2) is 24.5 Å². The Morgan fingerprint density at radius 2 is 0.713 bits per heavy atom. The number of rotatable bonds is 46. The fourth-order valence-electron chi connectivity index (χ4n) is 9.87. The molecule has 6 aromatic rings. The Hall–Kier alpha value is -8.57.